The van der Waals surface area contributed by atoms with Crippen molar-refractivity contribution in [1.82, 2.24) is 5.43 Å². The second-order valence-electron chi connectivity index (χ2n) is 5.50. The highest BCUT2D eigenvalue weighted by molar-refractivity contribution is 5.99. The fraction of sp³-hybridized carbons (Fsp3) is 0.263. The average molecular weight is 341 g/mol. The molecular formula is C19H23N3O3. The molecule has 0 radical (unpaired) electrons. The van der Waals surface area contributed by atoms with E-state index >= 15 is 0 Å². The van der Waals surface area contributed by atoms with Gasteiger partial charge in [0.25, 0.3) is 5.91 Å². The summed E-state index contributed by atoms with van der Waals surface area (Å²) in [6, 6.07) is 14.4. The van der Waals surface area contributed by atoms with Crippen molar-refractivity contribution in [3.05, 3.63) is 54.1 Å². The van der Waals surface area contributed by atoms with E-state index in [-0.39, 0.29) is 5.91 Å². The third-order valence-electron chi connectivity index (χ3n) is 3.71. The third kappa shape index (κ3) is 5.24. The summed E-state index contributed by atoms with van der Waals surface area (Å²) in [6.07, 6.45) is 0. The molecule has 0 aliphatic rings. The van der Waals surface area contributed by atoms with E-state index in [0.29, 0.717) is 5.71 Å². The Kier molecular flexibility index (Phi) is 6.39. The zero-order chi connectivity index (χ0) is 18.2. The first-order chi connectivity index (χ1) is 12.0. The molecule has 2 aromatic carbocycles. The fourth-order valence-electron chi connectivity index (χ4n) is 2.14. The molecule has 2 rings (SSSR count). The van der Waals surface area contributed by atoms with Crippen LogP contribution in [0, 0.1) is 0 Å². The van der Waals surface area contributed by atoms with Gasteiger partial charge in [-0.25, -0.2) is 5.43 Å². The van der Waals surface area contributed by atoms with Crippen LogP contribution in [0.4, 0.5) is 5.69 Å². The average Bonchev–Trinajstić information content (AvgIpc) is 2.66. The predicted molar refractivity (Wildman–Crippen MR) is 99.4 cm³/mol. The van der Waals surface area contributed by atoms with Crippen molar-refractivity contribution < 1.29 is 14.3 Å². The van der Waals surface area contributed by atoms with Crippen LogP contribution in [0.15, 0.2) is 53.6 Å². The van der Waals surface area contributed by atoms with E-state index in [1.807, 2.05) is 55.5 Å². The van der Waals surface area contributed by atoms with Crippen molar-refractivity contribution in [2.75, 3.05) is 19.5 Å². The highest BCUT2D eigenvalue weighted by Gasteiger charge is 2.12. The molecule has 0 aliphatic carbocycles. The summed E-state index contributed by atoms with van der Waals surface area (Å²) in [4.78, 5) is 12.2. The van der Waals surface area contributed by atoms with Crippen LogP contribution in [0.25, 0.3) is 0 Å². The number of hydrogen-bond acceptors (Lipinski definition) is 5. The quantitative estimate of drug-likeness (QED) is 0.600. The Morgan fingerprint density at radius 3 is 2.00 bits per heavy atom. The van der Waals surface area contributed by atoms with Gasteiger partial charge in [0.15, 0.2) is 0 Å². The van der Waals surface area contributed by atoms with Crippen molar-refractivity contribution in [2.24, 2.45) is 5.10 Å². The highest BCUT2D eigenvalue weighted by atomic mass is 16.5. The number of nitrogens with zero attached hydrogens (tertiary/aromatic N) is 1. The van der Waals surface area contributed by atoms with E-state index in [9.17, 15) is 4.79 Å². The van der Waals surface area contributed by atoms with Gasteiger partial charge in [-0.15, -0.1) is 0 Å². The standard InChI is InChI=1S/C19H23N3O3/c1-13(15-5-9-17(24-3)10-6-15)21-22-19(23)14(2)20-16-7-11-18(25-4)12-8-16/h5-12,14,20H,1-4H3,(H,22,23). The largest absolute Gasteiger partial charge is 0.497 e. The molecule has 0 aliphatic heterocycles. The summed E-state index contributed by atoms with van der Waals surface area (Å²) in [5.41, 5.74) is 5.04. The monoisotopic (exact) mass is 341 g/mol. The minimum Gasteiger partial charge on any atom is -0.497 e. The lowest BCUT2D eigenvalue weighted by molar-refractivity contribution is -0.121. The number of hydrogen-bond donors (Lipinski definition) is 2. The molecule has 1 atom stereocenters. The number of methoxy groups -OCH3 is 2. The van der Waals surface area contributed by atoms with Gasteiger partial charge < -0.3 is 14.8 Å². The van der Waals surface area contributed by atoms with Gasteiger partial charge in [0.2, 0.25) is 0 Å². The lowest BCUT2D eigenvalue weighted by Gasteiger charge is -2.14. The normalized spacial score (nSPS) is 12.2. The van der Waals surface area contributed by atoms with Crippen molar-refractivity contribution >= 4 is 17.3 Å². The van der Waals surface area contributed by atoms with Crippen LogP contribution in [0.5, 0.6) is 11.5 Å². The molecule has 6 nitrogen and oxygen atoms in total. The molecule has 0 saturated heterocycles. The summed E-state index contributed by atoms with van der Waals surface area (Å²) in [7, 11) is 3.23. The molecule has 0 aromatic heterocycles. The number of carbonyl (C=O) groups is 1. The van der Waals surface area contributed by atoms with Crippen molar-refractivity contribution in [2.45, 2.75) is 19.9 Å². The van der Waals surface area contributed by atoms with E-state index in [0.717, 1.165) is 22.7 Å². The van der Waals surface area contributed by atoms with Crippen LogP contribution in [0.2, 0.25) is 0 Å². The molecular weight excluding hydrogens is 318 g/mol. The first-order valence-electron chi connectivity index (χ1n) is 7.92. The molecule has 0 spiro atoms. The maximum absolute atomic E-state index is 12.2. The summed E-state index contributed by atoms with van der Waals surface area (Å²) in [5.74, 6) is 1.32. The zero-order valence-electron chi connectivity index (χ0n) is 14.9. The molecule has 2 N–H and O–H groups in total. The van der Waals surface area contributed by atoms with Crippen molar-refractivity contribution in [3.8, 4) is 11.5 Å². The van der Waals surface area contributed by atoms with Gasteiger partial charge in [-0.1, -0.05) is 0 Å². The number of nitrogens with one attached hydrogen (secondary N) is 2. The number of benzene rings is 2. The van der Waals surface area contributed by atoms with Gasteiger partial charge in [-0.05, 0) is 67.9 Å². The van der Waals surface area contributed by atoms with E-state index in [4.69, 9.17) is 9.47 Å². The van der Waals surface area contributed by atoms with Gasteiger partial charge in [0.1, 0.15) is 17.5 Å². The zero-order valence-corrected chi connectivity index (χ0v) is 14.9. The number of rotatable bonds is 7. The molecule has 0 saturated carbocycles. The molecule has 1 amide bonds. The number of carbonyl (C=O) groups excluding carboxylic acids is 1. The van der Waals surface area contributed by atoms with Gasteiger partial charge in [-0.3, -0.25) is 4.79 Å². The molecule has 1 unspecified atom stereocenters. The Hall–Kier alpha value is -3.02. The van der Waals surface area contributed by atoms with E-state index in [1.165, 1.54) is 0 Å². The first-order valence-corrected chi connectivity index (χ1v) is 7.92. The van der Waals surface area contributed by atoms with Gasteiger partial charge in [0, 0.05) is 5.69 Å². The Labute approximate surface area is 147 Å². The summed E-state index contributed by atoms with van der Waals surface area (Å²) >= 11 is 0. The molecule has 0 heterocycles. The first kappa shape index (κ1) is 18.3. The minimum absolute atomic E-state index is 0.219. The van der Waals surface area contributed by atoms with Crippen LogP contribution in [0.1, 0.15) is 19.4 Å². The van der Waals surface area contributed by atoms with Crippen LogP contribution in [0.3, 0.4) is 0 Å². The lowest BCUT2D eigenvalue weighted by Crippen LogP contribution is -2.35. The number of hydrazone groups is 1. The molecule has 2 aromatic rings. The maximum Gasteiger partial charge on any atom is 0.262 e. The second kappa shape index (κ2) is 8.73. The van der Waals surface area contributed by atoms with Crippen LogP contribution in [-0.4, -0.2) is 31.9 Å². The molecule has 0 fully saturated rings. The van der Waals surface area contributed by atoms with E-state index < -0.39 is 6.04 Å². The fourth-order valence-corrected chi connectivity index (χ4v) is 2.14. The molecule has 132 valence electrons. The van der Waals surface area contributed by atoms with Crippen molar-refractivity contribution in [1.29, 1.82) is 0 Å². The highest BCUT2D eigenvalue weighted by Crippen LogP contribution is 2.16. The lowest BCUT2D eigenvalue weighted by atomic mass is 10.1. The Balaban J connectivity index is 1.92. The number of anilines is 1. The summed E-state index contributed by atoms with van der Waals surface area (Å²) in [5, 5.41) is 7.27. The van der Waals surface area contributed by atoms with Crippen LogP contribution >= 0.6 is 0 Å². The van der Waals surface area contributed by atoms with Crippen LogP contribution < -0.4 is 20.2 Å². The maximum atomic E-state index is 12.2. The van der Waals surface area contributed by atoms with Gasteiger partial charge in [-0.2, -0.15) is 5.10 Å². The van der Waals surface area contributed by atoms with Crippen LogP contribution in [-0.2, 0) is 4.79 Å². The minimum atomic E-state index is -0.430. The second-order valence-corrected chi connectivity index (χ2v) is 5.50. The van der Waals surface area contributed by atoms with Gasteiger partial charge in [0.05, 0.1) is 19.9 Å². The topological polar surface area (TPSA) is 72.0 Å². The number of amides is 1. The van der Waals surface area contributed by atoms with Gasteiger partial charge >= 0.3 is 0 Å². The van der Waals surface area contributed by atoms with E-state index in [1.54, 1.807) is 21.1 Å². The molecule has 0 bridgehead atoms. The predicted octanol–water partition coefficient (Wildman–Crippen LogP) is 3.04. The summed E-state index contributed by atoms with van der Waals surface area (Å²) in [6.45, 7) is 3.61. The molecule has 6 heteroatoms. The Morgan fingerprint density at radius 1 is 0.960 bits per heavy atom. The van der Waals surface area contributed by atoms with E-state index in [2.05, 4.69) is 15.8 Å². The smallest absolute Gasteiger partial charge is 0.262 e. The molecule has 25 heavy (non-hydrogen) atoms. The SMILES string of the molecule is COc1ccc(NC(C)C(=O)NN=C(C)c2ccc(OC)cc2)cc1. The summed E-state index contributed by atoms with van der Waals surface area (Å²) < 4.78 is 10.2. The van der Waals surface area contributed by atoms with Crippen molar-refractivity contribution in [3.63, 3.8) is 0 Å². The number of ether oxygens (including phenoxy) is 2. The Morgan fingerprint density at radius 2 is 1.48 bits per heavy atom. The third-order valence-corrected chi connectivity index (χ3v) is 3.71. The Bertz CT molecular complexity index is 725.